The second-order valence-corrected chi connectivity index (χ2v) is 47.5. The van der Waals surface area contributed by atoms with Crippen molar-refractivity contribution >= 4 is 116 Å². The molecule has 0 fully saturated rings. The van der Waals surface area contributed by atoms with Crippen LogP contribution in [0.4, 0.5) is 14.6 Å². The van der Waals surface area contributed by atoms with Crippen LogP contribution >= 0.6 is 23.2 Å². The van der Waals surface area contributed by atoms with Crippen LogP contribution in [0.1, 0.15) is 291 Å². The molecule has 0 aliphatic carbocycles. The molecule has 141 heavy (non-hydrogen) atoms. The molecule has 18 nitrogen and oxygen atoms in total. The fourth-order valence-corrected chi connectivity index (χ4v) is 19.4. The van der Waals surface area contributed by atoms with Gasteiger partial charge in [-0.2, -0.15) is 30.6 Å². The molecule has 0 radical (unpaired) electrons. The molecule has 0 atom stereocenters. The lowest BCUT2D eigenvalue weighted by Crippen LogP contribution is -2.14. The highest BCUT2D eigenvalue weighted by Gasteiger charge is 2.30. The van der Waals surface area contributed by atoms with E-state index in [2.05, 4.69) is 310 Å². The number of aromatic hydroxyl groups is 4. The number of aliphatic hydroxyl groups is 1. The van der Waals surface area contributed by atoms with E-state index < -0.39 is 0 Å². The highest BCUT2D eigenvalue weighted by molar-refractivity contribution is 6.32. The van der Waals surface area contributed by atoms with Crippen LogP contribution in [0.2, 0.25) is 10.0 Å². The molecule has 22 heteroatoms. The number of aryl methyl sites for hydroxylation is 4. The highest BCUT2D eigenvalue weighted by atomic mass is 35.5. The standard InChI is InChI=1S/2C14H16O.C13H18N2O.C12H17N3.2C12H16N2.C11H13ClN2.C11H13FN2.C10H13ClO.C10H13FO/c1-14(2,3)13-9-11(15)8-10-6-4-5-7-12(10)13;1-14(2,3)13-11-7-5-4-6-10(11)8-9-12(13)15;1-8-5-6-9-11(10(7-16)15-14-9)12(8)13(2,3)4;1-7-5-6-8-9(11(13)15-14-8)10(7)12(2,3)4;1-8-5-6-10-9(7-13-14-10)11(8)12(2,3)4;1-8-5-6-9-7-13-14-11(9)10(8)12(2,3)4;1-11(2,3)10-7-6-13-14-9(7)5-4-8(10)12;1-11(2,3)9-8(12)5-4-7-6-13-14-10(7)9;1-10(2,3)8-6-7(12)4-5-9(8)11;1-10(2,3)9-7(11)5-4-6-8(9)12/h2*4-9,15H,1-3H3;5-6,16H,7H2,1-4H3,(H,14,15);5-6H,1-4H3,(H3,13,14,15);2*5-7H,1-4H3,(H,13,14);2*4-6H,1-3H3,(H,13,14);2*4-6,12H,1-3H3. The Labute approximate surface area is 843 Å². The number of phenols is 4. The second-order valence-electron chi connectivity index (χ2n) is 46.7. The van der Waals surface area contributed by atoms with Gasteiger partial charge in [0, 0.05) is 59.1 Å². The SMILES string of the molecule is CC(C)(C)c1c(Cl)ccc2[nH]ncc12.CC(C)(C)c1c(F)ccc2cn[nH]c12.CC(C)(C)c1c(O)ccc2ccccc12.CC(C)(C)c1c(O)cccc1F.CC(C)(C)c1cc(O)cc2ccccc12.CC(C)(C)c1cc(O)ccc1Cl.Cc1ccc2[nH]nc(N)c2c1C(C)(C)C.Cc1ccc2[nH]ncc2c1C(C)(C)C.Cc1ccc2cn[nH]c2c1C(C)(C)C.Cc1ccc2n[nH]c(CO)c2c1C(C)(C)C. The maximum atomic E-state index is 13.6. The van der Waals surface area contributed by atoms with Crippen LogP contribution in [0.15, 0.2) is 207 Å². The maximum Gasteiger partial charge on any atom is 0.153 e. The minimum absolute atomic E-state index is 0.00301. The number of H-pyrrole nitrogens is 6. The summed E-state index contributed by atoms with van der Waals surface area (Å²) < 4.78 is 26.8. The smallest absolute Gasteiger partial charge is 0.153 e. The van der Waals surface area contributed by atoms with E-state index in [1.165, 1.54) is 101 Å². The number of hydrogen-bond donors (Lipinski definition) is 12. The minimum atomic E-state index is -0.352. The van der Waals surface area contributed by atoms with Crippen LogP contribution in [0.5, 0.6) is 23.0 Å². The molecule has 18 rings (SSSR count). The number of aliphatic hydroxyl groups excluding tert-OH is 1. The molecule has 0 aliphatic heterocycles. The Morgan fingerprint density at radius 3 is 1.21 bits per heavy atom. The Hall–Kier alpha value is -12.6. The van der Waals surface area contributed by atoms with Crippen LogP contribution in [0.25, 0.3) is 87.0 Å². The average molecular weight is 1950 g/mol. The number of benzene rings is 12. The number of phenolic OH excluding ortho intramolecular Hbond substituents is 4. The number of aromatic nitrogens is 12. The lowest BCUT2D eigenvalue weighted by Gasteiger charge is -2.23. The number of rotatable bonds is 1. The van der Waals surface area contributed by atoms with Gasteiger partial charge in [0.05, 0.1) is 70.2 Å². The largest absolute Gasteiger partial charge is 0.508 e. The van der Waals surface area contributed by atoms with E-state index in [0.29, 0.717) is 33.5 Å². The quantitative estimate of drug-likeness (QED) is 0.0730. The molecule has 13 N–H and O–H groups in total. The van der Waals surface area contributed by atoms with Gasteiger partial charge in [0.15, 0.2) is 5.82 Å². The third-order valence-corrected chi connectivity index (χ3v) is 24.9. The van der Waals surface area contributed by atoms with Gasteiger partial charge in [-0.1, -0.05) is 322 Å². The van der Waals surface area contributed by atoms with Crippen molar-refractivity contribution in [1.29, 1.82) is 0 Å². The number of nitrogens with zero attached hydrogens (tertiary/aromatic N) is 6. The zero-order valence-electron chi connectivity index (χ0n) is 89.3. The number of anilines is 1. The lowest BCUT2D eigenvalue weighted by atomic mass is 9.81. The number of halogens is 4. The summed E-state index contributed by atoms with van der Waals surface area (Å²) in [5, 5.41) is 103. The molecule has 0 aliphatic rings. The molecule has 18 aromatic rings. The van der Waals surface area contributed by atoms with Crippen molar-refractivity contribution in [2.75, 3.05) is 5.73 Å². The Balaban J connectivity index is 0.000000175. The van der Waals surface area contributed by atoms with Gasteiger partial charge < -0.3 is 31.3 Å². The van der Waals surface area contributed by atoms with E-state index in [1.807, 2.05) is 133 Å². The number of nitrogens with one attached hydrogen (secondary N) is 6. The molecule has 0 spiro atoms. The number of nitrogen functional groups attached to an aromatic ring is 1. The summed E-state index contributed by atoms with van der Waals surface area (Å²) in [7, 11) is 0. The van der Waals surface area contributed by atoms with Gasteiger partial charge in [0.2, 0.25) is 0 Å². The van der Waals surface area contributed by atoms with E-state index in [-0.39, 0.29) is 83.9 Å². The molecule has 6 aromatic heterocycles. The van der Waals surface area contributed by atoms with Crippen molar-refractivity contribution in [3.63, 3.8) is 0 Å². The molecule has 6 heterocycles. The Morgan fingerprint density at radius 1 is 0.298 bits per heavy atom. The van der Waals surface area contributed by atoms with Crippen LogP contribution in [0, 0.1) is 39.3 Å². The third kappa shape index (κ3) is 28.0. The monoisotopic (exact) mass is 1950 g/mol. The van der Waals surface area contributed by atoms with Crippen LogP contribution in [-0.2, 0) is 60.8 Å². The first-order chi connectivity index (χ1) is 65.2. The van der Waals surface area contributed by atoms with Crippen molar-refractivity contribution < 1.29 is 34.3 Å². The van der Waals surface area contributed by atoms with Gasteiger partial charge in [0.1, 0.15) is 34.6 Å². The van der Waals surface area contributed by atoms with Crippen LogP contribution in [0.3, 0.4) is 0 Å². The summed E-state index contributed by atoms with van der Waals surface area (Å²) >= 11 is 12.2. The number of aromatic amines is 6. The zero-order valence-corrected chi connectivity index (χ0v) is 90.9. The predicted octanol–water partition coefficient (Wildman–Crippen LogP) is 32.1. The summed E-state index contributed by atoms with van der Waals surface area (Å²) in [6.45, 7) is 72.2. The molecule has 12 aromatic carbocycles. The summed E-state index contributed by atoms with van der Waals surface area (Å²) in [6, 6.07) is 57.0. The third-order valence-electron chi connectivity index (χ3n) is 24.2. The molecule has 0 unspecified atom stereocenters. The Kier molecular flexibility index (Phi) is 35.2. The minimum Gasteiger partial charge on any atom is -0.508 e. The predicted molar refractivity (Wildman–Crippen MR) is 590 cm³/mol. The van der Waals surface area contributed by atoms with E-state index >= 15 is 0 Å². The fourth-order valence-electron chi connectivity index (χ4n) is 18.6. The van der Waals surface area contributed by atoms with Gasteiger partial charge in [0.25, 0.3) is 0 Å². The summed E-state index contributed by atoms with van der Waals surface area (Å²) in [5.41, 5.74) is 28.7. The number of nitrogens with two attached hydrogens (primary N) is 1. The van der Waals surface area contributed by atoms with Crippen molar-refractivity contribution in [2.45, 2.75) is 296 Å². The van der Waals surface area contributed by atoms with Gasteiger partial charge >= 0.3 is 0 Å². The molecule has 0 amide bonds. The topological polar surface area (TPSA) is 299 Å². The first kappa shape index (κ1) is 112. The normalized spacial score (nSPS) is 12.1. The van der Waals surface area contributed by atoms with Crippen molar-refractivity contribution in [3.8, 4) is 23.0 Å². The Bertz CT molecular complexity index is 6940. The maximum absolute atomic E-state index is 13.6. The highest BCUT2D eigenvalue weighted by Crippen LogP contribution is 2.43. The molecular formula is C119H151Cl2F2N13O5. The fraction of sp³-hybridized carbons (Fsp3) is 0.378. The first-order valence-electron chi connectivity index (χ1n) is 48.0. The molecule has 0 saturated heterocycles. The lowest BCUT2D eigenvalue weighted by molar-refractivity contribution is 0.278. The van der Waals surface area contributed by atoms with Gasteiger partial charge in [-0.05, 0) is 256 Å². The molecule has 0 bridgehead atoms. The van der Waals surface area contributed by atoms with E-state index in [1.54, 1.807) is 36.5 Å². The van der Waals surface area contributed by atoms with Crippen molar-refractivity contribution in [2.24, 2.45) is 0 Å². The summed E-state index contributed by atoms with van der Waals surface area (Å²) in [5.74, 6) is 1.11. The summed E-state index contributed by atoms with van der Waals surface area (Å²) in [6.07, 6.45) is 7.35. The van der Waals surface area contributed by atoms with Crippen LogP contribution < -0.4 is 5.73 Å². The van der Waals surface area contributed by atoms with E-state index in [4.69, 9.17) is 28.9 Å². The average Bonchev–Trinajstić information content (AvgIpc) is 1.57. The summed E-state index contributed by atoms with van der Waals surface area (Å²) in [4.78, 5) is 0. The molecule has 750 valence electrons. The second kappa shape index (κ2) is 44.3. The molecule has 0 saturated carbocycles. The van der Waals surface area contributed by atoms with Gasteiger partial charge in [-0.3, -0.25) is 30.6 Å². The van der Waals surface area contributed by atoms with Crippen molar-refractivity contribution in [3.05, 3.63) is 312 Å². The zero-order chi connectivity index (χ0) is 105. The van der Waals surface area contributed by atoms with Gasteiger partial charge in [-0.25, -0.2) is 8.78 Å². The number of hydrogen-bond acceptors (Lipinski definition) is 12. The first-order valence-corrected chi connectivity index (χ1v) is 48.8. The Morgan fingerprint density at radius 2 is 0.709 bits per heavy atom. The van der Waals surface area contributed by atoms with E-state index in [0.717, 1.165) is 87.3 Å². The van der Waals surface area contributed by atoms with E-state index in [9.17, 15) is 34.3 Å². The van der Waals surface area contributed by atoms with Crippen LogP contribution in [-0.4, -0.2) is 86.7 Å². The van der Waals surface area contributed by atoms with Crippen molar-refractivity contribution in [1.82, 2.24) is 61.2 Å². The van der Waals surface area contributed by atoms with Gasteiger partial charge in [-0.15, -0.1) is 0 Å². The number of fused-ring (bicyclic) bond motifs is 8. The molecular weight excluding hydrogens is 1800 g/mol.